The van der Waals surface area contributed by atoms with Crippen LogP contribution in [-0.4, -0.2) is 39.0 Å². The van der Waals surface area contributed by atoms with E-state index in [2.05, 4.69) is 22.4 Å². The van der Waals surface area contributed by atoms with Crippen LogP contribution in [0.1, 0.15) is 58.0 Å². The number of amides is 1. The number of hydrogen-bond donors (Lipinski definition) is 1. The number of nitrogens with zero attached hydrogens (tertiary/aromatic N) is 3. The third-order valence-corrected chi connectivity index (χ3v) is 9.07. The third-order valence-electron chi connectivity index (χ3n) is 6.28. The molecule has 0 saturated heterocycles. The first kappa shape index (κ1) is 27.5. The Kier molecular flexibility index (Phi) is 8.82. The molecule has 3 aromatic rings. The van der Waals surface area contributed by atoms with Crippen LogP contribution in [0.15, 0.2) is 17.3 Å². The summed E-state index contributed by atoms with van der Waals surface area (Å²) in [6, 6.07) is 3.78. The highest BCUT2D eigenvalue weighted by Gasteiger charge is 2.29. The van der Waals surface area contributed by atoms with E-state index in [1.54, 1.807) is 6.92 Å². The average Bonchev–Trinajstić information content (AvgIpc) is 3.38. The van der Waals surface area contributed by atoms with Crippen LogP contribution in [0.25, 0.3) is 0 Å². The minimum Gasteiger partial charge on any atom is -0.486 e. The van der Waals surface area contributed by atoms with Crippen molar-refractivity contribution >= 4 is 51.6 Å². The molecule has 1 N–H and O–H groups in total. The molecule has 2 heterocycles. The number of thiophene rings is 1. The van der Waals surface area contributed by atoms with Crippen LogP contribution in [0.4, 0.5) is 5.00 Å². The fourth-order valence-corrected chi connectivity index (χ4v) is 6.54. The van der Waals surface area contributed by atoms with Gasteiger partial charge in [0.25, 0.3) is 0 Å². The van der Waals surface area contributed by atoms with Gasteiger partial charge in [-0.05, 0) is 74.8 Å². The lowest BCUT2D eigenvalue weighted by atomic mass is 9.88. The molecule has 8 nitrogen and oxygen atoms in total. The molecule has 2 aromatic heterocycles. The highest BCUT2D eigenvalue weighted by molar-refractivity contribution is 7.99. The SMILES string of the molecule is CCOC(=O)c1c(NC(=O)CSc2nnc(COc3cc(C)c(Cl)c(C)c3)n2C)sc2c1CCC(C)C2. The normalized spacial score (nSPS) is 14.8. The van der Waals surface area contributed by atoms with Gasteiger partial charge in [-0.2, -0.15) is 0 Å². The van der Waals surface area contributed by atoms with E-state index in [4.69, 9.17) is 21.1 Å². The second kappa shape index (κ2) is 11.9. The molecule has 11 heteroatoms. The summed E-state index contributed by atoms with van der Waals surface area (Å²) in [7, 11) is 1.84. The Labute approximate surface area is 230 Å². The number of fused-ring (bicyclic) bond motifs is 1. The lowest BCUT2D eigenvalue weighted by Crippen LogP contribution is -2.18. The van der Waals surface area contributed by atoms with Gasteiger partial charge in [-0.25, -0.2) is 4.79 Å². The van der Waals surface area contributed by atoms with Crippen molar-refractivity contribution in [2.45, 2.75) is 58.7 Å². The topological polar surface area (TPSA) is 95.3 Å². The number of nitrogens with one attached hydrogen (secondary N) is 1. The van der Waals surface area contributed by atoms with Crippen molar-refractivity contribution in [3.8, 4) is 5.75 Å². The number of halogens is 1. The van der Waals surface area contributed by atoms with Gasteiger partial charge in [0.2, 0.25) is 5.91 Å². The molecule has 0 radical (unpaired) electrons. The fourth-order valence-electron chi connectivity index (χ4n) is 4.28. The quantitative estimate of drug-likeness (QED) is 0.262. The maximum Gasteiger partial charge on any atom is 0.341 e. The number of carbonyl (C=O) groups is 2. The van der Waals surface area contributed by atoms with Crippen molar-refractivity contribution < 1.29 is 19.1 Å². The Morgan fingerprint density at radius 1 is 1.27 bits per heavy atom. The predicted molar refractivity (Wildman–Crippen MR) is 147 cm³/mol. The second-order valence-electron chi connectivity index (χ2n) is 9.23. The molecule has 37 heavy (non-hydrogen) atoms. The van der Waals surface area contributed by atoms with Crippen molar-refractivity contribution in [2.75, 3.05) is 17.7 Å². The van der Waals surface area contributed by atoms with E-state index in [1.165, 1.54) is 23.1 Å². The molecule has 1 aromatic carbocycles. The molecule has 1 aliphatic carbocycles. The summed E-state index contributed by atoms with van der Waals surface area (Å²) in [5.74, 6) is 1.45. The molecule has 198 valence electrons. The summed E-state index contributed by atoms with van der Waals surface area (Å²) in [6.45, 7) is 8.39. The smallest absolute Gasteiger partial charge is 0.341 e. The Hall–Kier alpha value is -2.56. The van der Waals surface area contributed by atoms with Crippen molar-refractivity contribution in [3.63, 3.8) is 0 Å². The average molecular weight is 563 g/mol. The summed E-state index contributed by atoms with van der Waals surface area (Å²) in [6.07, 6.45) is 2.76. The standard InChI is InChI=1S/C26H31ClN4O4S2/c1-6-34-25(33)22-18-8-7-14(2)9-19(18)37-24(22)28-21(32)13-36-26-30-29-20(31(26)5)12-35-17-10-15(3)23(27)16(4)11-17/h10-11,14H,6-9,12-13H2,1-5H3,(H,28,32). The fraction of sp³-hybridized carbons (Fsp3) is 0.462. The number of benzene rings is 1. The largest absolute Gasteiger partial charge is 0.486 e. The number of anilines is 1. The van der Waals surface area contributed by atoms with Gasteiger partial charge in [0, 0.05) is 16.9 Å². The molecule has 0 bridgehead atoms. The van der Waals surface area contributed by atoms with Crippen LogP contribution in [0.3, 0.4) is 0 Å². The summed E-state index contributed by atoms with van der Waals surface area (Å²) in [5, 5.41) is 13.3. The highest BCUT2D eigenvalue weighted by atomic mass is 35.5. The van der Waals surface area contributed by atoms with Gasteiger partial charge in [-0.1, -0.05) is 30.3 Å². The first-order valence-corrected chi connectivity index (χ1v) is 14.4. The number of rotatable bonds is 9. The van der Waals surface area contributed by atoms with E-state index in [0.29, 0.717) is 39.8 Å². The van der Waals surface area contributed by atoms with E-state index in [9.17, 15) is 9.59 Å². The zero-order valence-corrected chi connectivity index (χ0v) is 24.0. The maximum atomic E-state index is 12.8. The number of esters is 1. The van der Waals surface area contributed by atoms with Crippen LogP contribution >= 0.6 is 34.7 Å². The summed E-state index contributed by atoms with van der Waals surface area (Å²) >= 11 is 9.00. The van der Waals surface area contributed by atoms with Gasteiger partial charge in [-0.3, -0.25) is 4.79 Å². The number of aromatic nitrogens is 3. The molecular formula is C26H31ClN4O4S2. The van der Waals surface area contributed by atoms with Gasteiger partial charge >= 0.3 is 5.97 Å². The van der Waals surface area contributed by atoms with Crippen LogP contribution < -0.4 is 10.1 Å². The molecular weight excluding hydrogens is 532 g/mol. The van der Waals surface area contributed by atoms with Gasteiger partial charge in [0.05, 0.1) is 17.9 Å². The Bertz CT molecular complexity index is 1300. The minimum absolute atomic E-state index is 0.129. The van der Waals surface area contributed by atoms with E-state index in [1.807, 2.05) is 37.6 Å². The molecule has 0 fully saturated rings. The van der Waals surface area contributed by atoms with Crippen LogP contribution in [0.5, 0.6) is 5.75 Å². The Balaban J connectivity index is 1.39. The molecule has 0 aliphatic heterocycles. The van der Waals surface area contributed by atoms with Crippen LogP contribution in [-0.2, 0) is 36.0 Å². The van der Waals surface area contributed by atoms with E-state index < -0.39 is 0 Å². The molecule has 1 amide bonds. The predicted octanol–water partition coefficient (Wildman–Crippen LogP) is 5.76. The Morgan fingerprint density at radius 3 is 2.70 bits per heavy atom. The third kappa shape index (κ3) is 6.30. The van der Waals surface area contributed by atoms with Gasteiger partial charge in [-0.15, -0.1) is 21.5 Å². The molecule has 4 rings (SSSR count). The second-order valence-corrected chi connectivity index (χ2v) is 11.7. The minimum atomic E-state index is -0.374. The Morgan fingerprint density at radius 2 is 2.00 bits per heavy atom. The number of carbonyl (C=O) groups excluding carboxylic acids is 2. The first-order valence-electron chi connectivity index (χ1n) is 12.2. The van der Waals surface area contributed by atoms with Gasteiger partial charge in [0.1, 0.15) is 17.4 Å². The number of thioether (sulfide) groups is 1. The molecule has 1 atom stereocenters. The highest BCUT2D eigenvalue weighted by Crippen LogP contribution is 2.40. The zero-order chi connectivity index (χ0) is 26.7. The van der Waals surface area contributed by atoms with Crippen LogP contribution in [0.2, 0.25) is 5.02 Å². The van der Waals surface area contributed by atoms with E-state index in [0.717, 1.165) is 45.9 Å². The van der Waals surface area contributed by atoms with Crippen molar-refractivity contribution in [2.24, 2.45) is 13.0 Å². The monoisotopic (exact) mass is 562 g/mol. The van der Waals surface area contributed by atoms with E-state index >= 15 is 0 Å². The summed E-state index contributed by atoms with van der Waals surface area (Å²) < 4.78 is 13.0. The van der Waals surface area contributed by atoms with E-state index in [-0.39, 0.29) is 24.2 Å². The molecule has 1 aliphatic rings. The maximum absolute atomic E-state index is 12.8. The van der Waals surface area contributed by atoms with Crippen molar-refractivity contribution in [1.29, 1.82) is 0 Å². The van der Waals surface area contributed by atoms with Crippen LogP contribution in [0, 0.1) is 19.8 Å². The first-order chi connectivity index (χ1) is 17.7. The van der Waals surface area contributed by atoms with Crippen molar-refractivity contribution in [3.05, 3.63) is 50.1 Å². The van der Waals surface area contributed by atoms with Gasteiger partial charge in [0.15, 0.2) is 11.0 Å². The van der Waals surface area contributed by atoms with Crippen molar-refractivity contribution in [1.82, 2.24) is 14.8 Å². The molecule has 1 unspecified atom stereocenters. The lowest BCUT2D eigenvalue weighted by molar-refractivity contribution is -0.113. The number of ether oxygens (including phenoxy) is 2. The summed E-state index contributed by atoms with van der Waals surface area (Å²) in [5.41, 5.74) is 3.43. The summed E-state index contributed by atoms with van der Waals surface area (Å²) in [4.78, 5) is 26.7. The lowest BCUT2D eigenvalue weighted by Gasteiger charge is -2.18. The molecule has 0 saturated carbocycles. The molecule has 0 spiro atoms. The van der Waals surface area contributed by atoms with Gasteiger partial charge < -0.3 is 19.4 Å². The number of aryl methyl sites for hydroxylation is 2. The number of hydrogen-bond acceptors (Lipinski definition) is 8. The zero-order valence-electron chi connectivity index (χ0n) is 21.6.